The first kappa shape index (κ1) is 25.3. The fourth-order valence-corrected chi connectivity index (χ4v) is 4.92. The molecule has 0 spiro atoms. The molecule has 2 aromatic heterocycles. The van der Waals surface area contributed by atoms with E-state index in [1.165, 1.54) is 24.7 Å². The molecule has 10 heteroatoms. The average Bonchev–Trinajstić information content (AvgIpc) is 3.26. The lowest BCUT2D eigenvalue weighted by Gasteiger charge is -2.10. The molecule has 0 saturated carbocycles. The van der Waals surface area contributed by atoms with Gasteiger partial charge in [-0.3, -0.25) is 14.2 Å². The highest BCUT2D eigenvalue weighted by Crippen LogP contribution is 2.17. The number of hydrogen-bond acceptors (Lipinski definition) is 6. The molecule has 0 aliphatic rings. The molecule has 0 fully saturated rings. The summed E-state index contributed by atoms with van der Waals surface area (Å²) in [6, 6.07) is 14.3. The predicted octanol–water partition coefficient (Wildman–Crippen LogP) is 2.49. The monoisotopic (exact) mass is 507 g/mol. The second kappa shape index (κ2) is 10.4. The van der Waals surface area contributed by atoms with Crippen LogP contribution in [-0.4, -0.2) is 45.5 Å². The number of rotatable bonds is 9. The van der Waals surface area contributed by atoms with E-state index >= 15 is 0 Å². The maximum Gasteiger partial charge on any atom is 0.264 e. The molecule has 4 aromatic rings. The van der Waals surface area contributed by atoms with Crippen molar-refractivity contribution in [1.82, 2.24) is 24.6 Å². The number of nitrogens with one attached hydrogen (secondary N) is 1. The lowest BCUT2D eigenvalue weighted by atomic mass is 10.1. The first-order valence-electron chi connectivity index (χ1n) is 11.7. The Morgan fingerprint density at radius 2 is 1.81 bits per heavy atom. The van der Waals surface area contributed by atoms with Crippen LogP contribution < -0.4 is 10.9 Å². The molecular formula is C26H29N5O4S. The molecule has 2 aromatic carbocycles. The van der Waals surface area contributed by atoms with Crippen LogP contribution in [0, 0.1) is 6.92 Å². The predicted molar refractivity (Wildman–Crippen MR) is 138 cm³/mol. The van der Waals surface area contributed by atoms with Crippen LogP contribution in [0.5, 0.6) is 0 Å². The van der Waals surface area contributed by atoms with Gasteiger partial charge in [-0.15, -0.1) is 0 Å². The number of nitrogens with zero attached hydrogens (tertiary/aromatic N) is 4. The maximum absolute atomic E-state index is 12.9. The van der Waals surface area contributed by atoms with Gasteiger partial charge in [0.1, 0.15) is 11.7 Å². The minimum Gasteiger partial charge on any atom is -0.354 e. The van der Waals surface area contributed by atoms with Gasteiger partial charge >= 0.3 is 0 Å². The van der Waals surface area contributed by atoms with Crippen LogP contribution in [0.1, 0.15) is 30.5 Å². The van der Waals surface area contributed by atoms with Crippen molar-refractivity contribution in [3.8, 4) is 0 Å². The van der Waals surface area contributed by atoms with Gasteiger partial charge in [-0.05, 0) is 49.6 Å². The van der Waals surface area contributed by atoms with Gasteiger partial charge < -0.3 is 5.32 Å². The number of benzene rings is 2. The number of carbonyl (C=O) groups excluding carboxylic acids is 1. The van der Waals surface area contributed by atoms with E-state index in [9.17, 15) is 18.0 Å². The summed E-state index contributed by atoms with van der Waals surface area (Å²) >= 11 is 0. The normalized spacial score (nSPS) is 11.8. The number of carbonyl (C=O) groups is 1. The molecule has 0 aliphatic heterocycles. The lowest BCUT2D eigenvalue weighted by molar-refractivity contribution is -0.120. The lowest BCUT2D eigenvalue weighted by Crippen LogP contribution is -2.29. The molecule has 36 heavy (non-hydrogen) atoms. The summed E-state index contributed by atoms with van der Waals surface area (Å²) < 4.78 is 27.6. The molecule has 0 aliphatic carbocycles. The zero-order valence-corrected chi connectivity index (χ0v) is 21.3. The number of aromatic nitrogens is 4. The number of hydrogen-bond donors (Lipinski definition) is 1. The van der Waals surface area contributed by atoms with Crippen molar-refractivity contribution in [2.45, 2.75) is 50.4 Å². The van der Waals surface area contributed by atoms with E-state index in [1.54, 1.807) is 35.2 Å². The van der Waals surface area contributed by atoms with Gasteiger partial charge in [0.05, 0.1) is 35.9 Å². The largest absolute Gasteiger partial charge is 0.354 e. The van der Waals surface area contributed by atoms with E-state index in [-0.39, 0.29) is 22.8 Å². The van der Waals surface area contributed by atoms with E-state index in [0.717, 1.165) is 16.7 Å². The third kappa shape index (κ3) is 5.38. The van der Waals surface area contributed by atoms with Gasteiger partial charge in [-0.2, -0.15) is 5.10 Å². The fraction of sp³-hybridized carbons (Fsp3) is 0.308. The zero-order valence-electron chi connectivity index (χ0n) is 20.5. The Hall–Kier alpha value is -3.79. The Morgan fingerprint density at radius 3 is 2.50 bits per heavy atom. The molecule has 9 nitrogen and oxygen atoms in total. The van der Waals surface area contributed by atoms with Crippen LogP contribution in [0.25, 0.3) is 11.0 Å². The molecule has 1 amide bonds. The number of sulfone groups is 1. The summed E-state index contributed by atoms with van der Waals surface area (Å²) in [7, 11) is -3.34. The summed E-state index contributed by atoms with van der Waals surface area (Å²) in [4.78, 5) is 30.0. The zero-order chi connectivity index (χ0) is 25.9. The first-order chi connectivity index (χ1) is 17.2. The first-order valence-corrected chi connectivity index (χ1v) is 13.3. The summed E-state index contributed by atoms with van der Waals surface area (Å²) in [6.45, 7) is 6.37. The second-order valence-electron chi connectivity index (χ2n) is 8.97. The Kier molecular flexibility index (Phi) is 7.35. The van der Waals surface area contributed by atoms with E-state index in [4.69, 9.17) is 0 Å². The molecular weight excluding hydrogens is 478 g/mol. The topological polar surface area (TPSA) is 116 Å². The third-order valence-corrected chi connectivity index (χ3v) is 8.28. The summed E-state index contributed by atoms with van der Waals surface area (Å²) in [6.07, 6.45) is 3.16. The van der Waals surface area contributed by atoms with Crippen molar-refractivity contribution >= 4 is 26.8 Å². The van der Waals surface area contributed by atoms with Gasteiger partial charge in [0.15, 0.2) is 15.5 Å². The van der Waals surface area contributed by atoms with Crippen molar-refractivity contribution in [3.63, 3.8) is 0 Å². The smallest absolute Gasteiger partial charge is 0.264 e. The third-order valence-electron chi connectivity index (χ3n) is 6.11. The van der Waals surface area contributed by atoms with Crippen molar-refractivity contribution in [1.29, 1.82) is 0 Å². The van der Waals surface area contributed by atoms with Gasteiger partial charge in [-0.1, -0.05) is 36.4 Å². The van der Waals surface area contributed by atoms with Crippen molar-refractivity contribution in [2.75, 3.05) is 6.54 Å². The Labute approximate surface area is 209 Å². The quantitative estimate of drug-likeness (QED) is 0.372. The molecule has 0 saturated heterocycles. The van der Waals surface area contributed by atoms with Gasteiger partial charge in [0.25, 0.3) is 5.56 Å². The number of amides is 1. The standard InChI is InChI=1S/C26H29N5O4S/c1-18(2)36(34,35)22-10-8-20(9-11-22)14-24(32)27-12-13-31-25-23(15-29-31)26(33)30(17-28-25)16-21-7-5-4-6-19(21)3/h4-11,15,17-18H,12-14,16H2,1-3H3,(H,27,32). The number of fused-ring (bicyclic) bond motifs is 1. The van der Waals surface area contributed by atoms with Crippen LogP contribution in [-0.2, 0) is 34.1 Å². The average molecular weight is 508 g/mol. The summed E-state index contributed by atoms with van der Waals surface area (Å²) in [5, 5.41) is 7.04. The van der Waals surface area contributed by atoms with Crippen LogP contribution >= 0.6 is 0 Å². The Bertz CT molecular complexity index is 1550. The van der Waals surface area contributed by atoms with E-state index in [0.29, 0.717) is 30.7 Å². The van der Waals surface area contributed by atoms with Crippen molar-refractivity contribution in [3.05, 3.63) is 88.1 Å². The minimum atomic E-state index is -3.34. The fourth-order valence-electron chi connectivity index (χ4n) is 3.86. The molecule has 4 rings (SSSR count). The Balaban J connectivity index is 1.36. The van der Waals surface area contributed by atoms with Crippen LogP contribution in [0.4, 0.5) is 0 Å². The highest BCUT2D eigenvalue weighted by atomic mass is 32.2. The minimum absolute atomic E-state index is 0.129. The van der Waals surface area contributed by atoms with Gasteiger partial charge in [-0.25, -0.2) is 18.1 Å². The highest BCUT2D eigenvalue weighted by Gasteiger charge is 2.19. The van der Waals surface area contributed by atoms with E-state index in [2.05, 4.69) is 15.4 Å². The highest BCUT2D eigenvalue weighted by molar-refractivity contribution is 7.92. The van der Waals surface area contributed by atoms with Crippen LogP contribution in [0.2, 0.25) is 0 Å². The molecule has 1 N–H and O–H groups in total. The van der Waals surface area contributed by atoms with Crippen molar-refractivity contribution in [2.24, 2.45) is 0 Å². The Morgan fingerprint density at radius 1 is 1.08 bits per heavy atom. The van der Waals surface area contributed by atoms with Crippen LogP contribution in [0.3, 0.4) is 0 Å². The summed E-state index contributed by atoms with van der Waals surface area (Å²) in [5.74, 6) is -0.195. The maximum atomic E-state index is 12.9. The molecule has 0 radical (unpaired) electrons. The van der Waals surface area contributed by atoms with E-state index in [1.807, 2.05) is 31.2 Å². The molecule has 188 valence electrons. The van der Waals surface area contributed by atoms with E-state index < -0.39 is 15.1 Å². The number of aryl methyl sites for hydroxylation is 1. The van der Waals surface area contributed by atoms with Crippen LogP contribution in [0.15, 0.2) is 70.7 Å². The molecule has 0 unspecified atom stereocenters. The molecule has 0 bridgehead atoms. The van der Waals surface area contributed by atoms with Crippen molar-refractivity contribution < 1.29 is 13.2 Å². The SMILES string of the molecule is Cc1ccccc1Cn1cnc2c(cnn2CCNC(=O)Cc2ccc(S(=O)(=O)C(C)C)cc2)c1=O. The molecule has 0 atom stereocenters. The van der Waals surface area contributed by atoms with Gasteiger partial charge in [0, 0.05) is 6.54 Å². The summed E-state index contributed by atoms with van der Waals surface area (Å²) in [5.41, 5.74) is 3.17. The molecule has 2 heterocycles. The second-order valence-corrected chi connectivity index (χ2v) is 11.5. The van der Waals surface area contributed by atoms with Gasteiger partial charge in [0.2, 0.25) is 5.91 Å².